The number of nitrogens with two attached hydrogens (primary N) is 1. The van der Waals surface area contributed by atoms with Crippen LogP contribution in [0.15, 0.2) is 24.3 Å². The number of nitrogens with one attached hydrogen (secondary N) is 1. The third-order valence-electron chi connectivity index (χ3n) is 2.78. The van der Waals surface area contributed by atoms with E-state index in [1.165, 1.54) is 12.1 Å². The Morgan fingerprint density at radius 1 is 1.29 bits per heavy atom. The topological polar surface area (TPSA) is 47.3 Å². The summed E-state index contributed by atoms with van der Waals surface area (Å²) in [7, 11) is 0. The summed E-state index contributed by atoms with van der Waals surface area (Å²) >= 11 is 0. The van der Waals surface area contributed by atoms with Crippen LogP contribution < -0.4 is 15.8 Å². The van der Waals surface area contributed by atoms with Gasteiger partial charge in [0.2, 0.25) is 0 Å². The second kappa shape index (κ2) is 4.54. The highest BCUT2D eigenvalue weighted by Crippen LogP contribution is 2.28. The van der Waals surface area contributed by atoms with Crippen molar-refractivity contribution >= 4 is 0 Å². The molecular weight excluding hydrogens is 233 g/mol. The Morgan fingerprint density at radius 3 is 2.65 bits per heavy atom. The van der Waals surface area contributed by atoms with Crippen LogP contribution in [0.5, 0.6) is 5.75 Å². The number of benzene rings is 1. The summed E-state index contributed by atoms with van der Waals surface area (Å²) in [6, 6.07) is 5.91. The molecular formula is C11H13F3N2O. The Bertz CT molecular complexity index is 395. The SMILES string of the molecule is N[C@@H]1CNC[C@H]1c1cccc(OC(F)(F)F)c1. The van der Waals surface area contributed by atoms with Crippen LogP contribution in [0.25, 0.3) is 0 Å². The van der Waals surface area contributed by atoms with Gasteiger partial charge in [-0.2, -0.15) is 0 Å². The van der Waals surface area contributed by atoms with E-state index in [-0.39, 0.29) is 17.7 Å². The minimum absolute atomic E-state index is 0.0341. The van der Waals surface area contributed by atoms with E-state index in [0.29, 0.717) is 13.1 Å². The molecule has 0 spiro atoms. The van der Waals surface area contributed by atoms with E-state index in [0.717, 1.165) is 5.56 Å². The van der Waals surface area contributed by atoms with Gasteiger partial charge in [-0.1, -0.05) is 12.1 Å². The van der Waals surface area contributed by atoms with Crippen LogP contribution in [-0.2, 0) is 0 Å². The Morgan fingerprint density at radius 2 is 2.06 bits per heavy atom. The summed E-state index contributed by atoms with van der Waals surface area (Å²) in [5.74, 6) is -0.166. The van der Waals surface area contributed by atoms with Crippen molar-refractivity contribution in [3.8, 4) is 5.75 Å². The summed E-state index contributed by atoms with van der Waals surface area (Å²) in [6.45, 7) is 1.35. The fraction of sp³-hybridized carbons (Fsp3) is 0.455. The van der Waals surface area contributed by atoms with E-state index in [2.05, 4.69) is 10.1 Å². The van der Waals surface area contributed by atoms with Crippen molar-refractivity contribution in [1.29, 1.82) is 0 Å². The van der Waals surface area contributed by atoms with Crippen molar-refractivity contribution in [2.45, 2.75) is 18.3 Å². The summed E-state index contributed by atoms with van der Waals surface area (Å²) in [5.41, 5.74) is 6.63. The van der Waals surface area contributed by atoms with Crippen LogP contribution in [0.2, 0.25) is 0 Å². The Balaban J connectivity index is 2.16. The lowest BCUT2D eigenvalue weighted by Gasteiger charge is -2.16. The number of hydrogen-bond acceptors (Lipinski definition) is 3. The molecule has 17 heavy (non-hydrogen) atoms. The zero-order valence-corrected chi connectivity index (χ0v) is 9.00. The highest BCUT2D eigenvalue weighted by molar-refractivity contribution is 5.32. The molecule has 0 aliphatic carbocycles. The van der Waals surface area contributed by atoms with Crippen LogP contribution in [0.3, 0.4) is 0 Å². The van der Waals surface area contributed by atoms with Crippen molar-refractivity contribution in [1.82, 2.24) is 5.32 Å². The van der Waals surface area contributed by atoms with E-state index in [1.807, 2.05) is 0 Å². The van der Waals surface area contributed by atoms with Crippen LogP contribution in [0.4, 0.5) is 13.2 Å². The Kier molecular flexibility index (Phi) is 3.26. The second-order valence-electron chi connectivity index (χ2n) is 4.05. The standard InChI is InChI=1S/C11H13F3N2O/c12-11(13,14)17-8-3-1-2-7(4-8)9-5-16-6-10(9)15/h1-4,9-10,16H,5-6,15H2/t9-,10+/m0/s1. The molecule has 0 radical (unpaired) electrons. The summed E-state index contributed by atoms with van der Waals surface area (Å²) < 4.78 is 40.1. The summed E-state index contributed by atoms with van der Waals surface area (Å²) in [4.78, 5) is 0. The predicted octanol–water partition coefficient (Wildman–Crippen LogP) is 1.60. The van der Waals surface area contributed by atoms with E-state index < -0.39 is 6.36 Å². The van der Waals surface area contributed by atoms with Crippen molar-refractivity contribution < 1.29 is 17.9 Å². The van der Waals surface area contributed by atoms with E-state index in [4.69, 9.17) is 5.73 Å². The van der Waals surface area contributed by atoms with Crippen LogP contribution >= 0.6 is 0 Å². The van der Waals surface area contributed by atoms with Gasteiger partial charge in [-0.15, -0.1) is 13.2 Å². The van der Waals surface area contributed by atoms with Crippen LogP contribution in [0, 0.1) is 0 Å². The fourth-order valence-corrected chi connectivity index (χ4v) is 2.01. The third-order valence-corrected chi connectivity index (χ3v) is 2.78. The molecule has 94 valence electrons. The highest BCUT2D eigenvalue weighted by Gasteiger charge is 2.32. The van der Waals surface area contributed by atoms with Crippen LogP contribution in [-0.4, -0.2) is 25.5 Å². The third kappa shape index (κ3) is 3.10. The molecule has 1 saturated heterocycles. The summed E-state index contributed by atoms with van der Waals surface area (Å²) in [6.07, 6.45) is -4.66. The molecule has 3 nitrogen and oxygen atoms in total. The average Bonchev–Trinajstić information content (AvgIpc) is 2.62. The van der Waals surface area contributed by atoms with E-state index in [1.54, 1.807) is 12.1 Å². The molecule has 0 aromatic heterocycles. The van der Waals surface area contributed by atoms with Gasteiger partial charge in [-0.3, -0.25) is 0 Å². The lowest BCUT2D eigenvalue weighted by molar-refractivity contribution is -0.274. The molecule has 0 saturated carbocycles. The normalized spacial score (nSPS) is 24.9. The zero-order chi connectivity index (χ0) is 12.5. The molecule has 1 heterocycles. The average molecular weight is 246 g/mol. The van der Waals surface area contributed by atoms with Crippen LogP contribution in [0.1, 0.15) is 11.5 Å². The first-order chi connectivity index (χ1) is 7.96. The lowest BCUT2D eigenvalue weighted by atomic mass is 9.95. The van der Waals surface area contributed by atoms with Gasteiger partial charge < -0.3 is 15.8 Å². The number of halogens is 3. The molecule has 1 aliphatic rings. The maximum absolute atomic E-state index is 12.1. The van der Waals surface area contributed by atoms with Crippen molar-refractivity contribution in [2.75, 3.05) is 13.1 Å². The molecule has 1 aliphatic heterocycles. The fourth-order valence-electron chi connectivity index (χ4n) is 2.01. The first kappa shape index (κ1) is 12.2. The van der Waals surface area contributed by atoms with Gasteiger partial charge in [0.15, 0.2) is 0 Å². The number of ether oxygens (including phenoxy) is 1. The minimum Gasteiger partial charge on any atom is -0.406 e. The zero-order valence-electron chi connectivity index (χ0n) is 9.00. The smallest absolute Gasteiger partial charge is 0.406 e. The van der Waals surface area contributed by atoms with E-state index >= 15 is 0 Å². The van der Waals surface area contributed by atoms with Gasteiger partial charge in [0.1, 0.15) is 5.75 Å². The van der Waals surface area contributed by atoms with Gasteiger partial charge in [-0.05, 0) is 17.7 Å². The van der Waals surface area contributed by atoms with Gasteiger partial charge in [0.05, 0.1) is 0 Å². The molecule has 0 unspecified atom stereocenters. The monoisotopic (exact) mass is 246 g/mol. The lowest BCUT2D eigenvalue weighted by Crippen LogP contribution is -2.27. The first-order valence-corrected chi connectivity index (χ1v) is 5.28. The van der Waals surface area contributed by atoms with Gasteiger partial charge >= 0.3 is 6.36 Å². The maximum atomic E-state index is 12.1. The second-order valence-corrected chi connectivity index (χ2v) is 4.05. The Hall–Kier alpha value is -1.27. The van der Waals surface area contributed by atoms with Crippen molar-refractivity contribution in [3.05, 3.63) is 29.8 Å². The first-order valence-electron chi connectivity index (χ1n) is 5.28. The highest BCUT2D eigenvalue weighted by atomic mass is 19.4. The quantitative estimate of drug-likeness (QED) is 0.833. The molecule has 3 N–H and O–H groups in total. The van der Waals surface area contributed by atoms with Crippen molar-refractivity contribution in [2.24, 2.45) is 5.73 Å². The predicted molar refractivity (Wildman–Crippen MR) is 56.7 cm³/mol. The molecule has 2 rings (SSSR count). The molecule has 1 aromatic rings. The largest absolute Gasteiger partial charge is 0.573 e. The van der Waals surface area contributed by atoms with Gasteiger partial charge in [0, 0.05) is 25.0 Å². The maximum Gasteiger partial charge on any atom is 0.573 e. The van der Waals surface area contributed by atoms with E-state index in [9.17, 15) is 13.2 Å². The number of alkyl halides is 3. The van der Waals surface area contributed by atoms with Gasteiger partial charge in [0.25, 0.3) is 0 Å². The molecule has 1 aromatic carbocycles. The minimum atomic E-state index is -4.66. The Labute approximate surface area is 96.8 Å². The molecule has 0 bridgehead atoms. The molecule has 0 amide bonds. The number of rotatable bonds is 2. The number of hydrogen-bond donors (Lipinski definition) is 2. The van der Waals surface area contributed by atoms with Gasteiger partial charge in [-0.25, -0.2) is 0 Å². The summed E-state index contributed by atoms with van der Waals surface area (Å²) in [5, 5.41) is 3.10. The molecule has 6 heteroatoms. The molecule has 2 atom stereocenters. The van der Waals surface area contributed by atoms with Crippen molar-refractivity contribution in [3.63, 3.8) is 0 Å². The molecule has 1 fully saturated rings.